The van der Waals surface area contributed by atoms with E-state index in [1.165, 1.54) is 18.6 Å². The van der Waals surface area contributed by atoms with E-state index in [1.54, 1.807) is 13.0 Å². The van der Waals surface area contributed by atoms with E-state index >= 15 is 4.39 Å². The maximum atomic E-state index is 15.5. The molecule has 1 aliphatic rings. The van der Waals surface area contributed by atoms with Gasteiger partial charge < -0.3 is 0 Å². The first-order chi connectivity index (χ1) is 12.8. The van der Waals surface area contributed by atoms with Crippen LogP contribution < -0.4 is 0 Å². The van der Waals surface area contributed by atoms with Crippen molar-refractivity contribution >= 4 is 15.9 Å². The number of benzene rings is 1. The number of alkyl halides is 7. The molecule has 0 spiro atoms. The molecule has 0 aliphatic heterocycles. The van der Waals surface area contributed by atoms with Gasteiger partial charge in [-0.15, -0.1) is 0 Å². The van der Waals surface area contributed by atoms with E-state index in [1.807, 2.05) is 0 Å². The van der Waals surface area contributed by atoms with Crippen LogP contribution in [-0.2, 0) is 5.41 Å². The molecular formula is C19H14BrF7N. The molecule has 1 aliphatic carbocycles. The Morgan fingerprint density at radius 1 is 1.00 bits per heavy atom. The van der Waals surface area contributed by atoms with E-state index < -0.39 is 34.6 Å². The Morgan fingerprint density at radius 2 is 1.57 bits per heavy atom. The van der Waals surface area contributed by atoms with Crippen molar-refractivity contribution < 1.29 is 30.7 Å². The Labute approximate surface area is 165 Å². The van der Waals surface area contributed by atoms with Gasteiger partial charge in [0.1, 0.15) is 0 Å². The lowest BCUT2D eigenvalue weighted by atomic mass is 9.63. The Balaban J connectivity index is 3.04. The van der Waals surface area contributed by atoms with Gasteiger partial charge >= 0.3 is 18.0 Å². The van der Waals surface area contributed by atoms with Crippen LogP contribution in [0.3, 0.4) is 0 Å². The van der Waals surface area contributed by atoms with E-state index in [2.05, 4.69) is 15.9 Å². The first-order valence-electron chi connectivity index (χ1n) is 8.11. The van der Waals surface area contributed by atoms with Gasteiger partial charge in [0, 0.05) is 10.9 Å². The van der Waals surface area contributed by atoms with Crippen LogP contribution in [0.2, 0.25) is 0 Å². The van der Waals surface area contributed by atoms with Crippen LogP contribution in [0.4, 0.5) is 30.7 Å². The molecule has 0 heterocycles. The maximum Gasteiger partial charge on any atom is 0.433 e. The Kier molecular flexibility index (Phi) is 6.05. The molecule has 0 amide bonds. The molecule has 1 radical (unpaired) electrons. The van der Waals surface area contributed by atoms with Gasteiger partial charge in [-0.2, -0.15) is 31.6 Å². The molecule has 1 atom stereocenters. The Bertz CT molecular complexity index is 831. The molecular weight excluding hydrogens is 455 g/mol. The van der Waals surface area contributed by atoms with Gasteiger partial charge in [0.05, 0.1) is 17.0 Å². The average molecular weight is 469 g/mol. The fourth-order valence-electron chi connectivity index (χ4n) is 3.36. The van der Waals surface area contributed by atoms with E-state index in [9.17, 15) is 31.6 Å². The van der Waals surface area contributed by atoms with Crippen molar-refractivity contribution in [3.05, 3.63) is 64.0 Å². The zero-order valence-corrected chi connectivity index (χ0v) is 16.0. The van der Waals surface area contributed by atoms with Crippen molar-refractivity contribution in [1.29, 1.82) is 5.26 Å². The van der Waals surface area contributed by atoms with Crippen LogP contribution in [0.15, 0.2) is 46.5 Å². The summed E-state index contributed by atoms with van der Waals surface area (Å²) in [6.45, 7) is 1.68. The summed E-state index contributed by atoms with van der Waals surface area (Å²) in [4.78, 5) is 0. The normalized spacial score (nSPS) is 21.0. The first kappa shape index (κ1) is 22.5. The molecule has 28 heavy (non-hydrogen) atoms. The molecule has 151 valence electrons. The van der Waals surface area contributed by atoms with Gasteiger partial charge in [-0.05, 0) is 18.1 Å². The monoisotopic (exact) mass is 468 g/mol. The molecule has 2 rings (SSSR count). The predicted molar refractivity (Wildman–Crippen MR) is 93.1 cm³/mol. The predicted octanol–water partition coefficient (Wildman–Crippen LogP) is 6.85. The van der Waals surface area contributed by atoms with E-state index in [0.717, 1.165) is 12.1 Å². The average Bonchev–Trinajstić information content (AvgIpc) is 2.58. The van der Waals surface area contributed by atoms with Crippen molar-refractivity contribution in [2.75, 3.05) is 0 Å². The third kappa shape index (κ3) is 3.47. The number of nitriles is 1. The van der Waals surface area contributed by atoms with E-state index in [4.69, 9.17) is 0 Å². The number of allylic oxidation sites excluding steroid dienone is 4. The maximum absolute atomic E-state index is 15.5. The molecule has 0 saturated heterocycles. The molecule has 0 aromatic heterocycles. The molecule has 1 nitrogen and oxygen atoms in total. The highest BCUT2D eigenvalue weighted by atomic mass is 79.9. The molecule has 0 saturated carbocycles. The summed E-state index contributed by atoms with van der Waals surface area (Å²) in [6, 6.07) is 5.98. The summed E-state index contributed by atoms with van der Waals surface area (Å²) in [5, 5.41) is 9.27. The van der Waals surface area contributed by atoms with Crippen molar-refractivity contribution in [3.8, 4) is 6.07 Å². The van der Waals surface area contributed by atoms with Gasteiger partial charge in [-0.1, -0.05) is 65.2 Å². The van der Waals surface area contributed by atoms with Crippen molar-refractivity contribution in [2.45, 2.75) is 43.2 Å². The zero-order valence-electron chi connectivity index (χ0n) is 14.4. The third-order valence-electron chi connectivity index (χ3n) is 4.49. The lowest BCUT2D eigenvalue weighted by Gasteiger charge is -2.45. The van der Waals surface area contributed by atoms with Crippen LogP contribution in [-0.4, -0.2) is 18.0 Å². The minimum atomic E-state index is -6.30. The Hall–Kier alpha value is -1.82. The quantitative estimate of drug-likeness (QED) is 0.443. The van der Waals surface area contributed by atoms with Crippen LogP contribution in [0.5, 0.6) is 0 Å². The van der Waals surface area contributed by atoms with Crippen LogP contribution in [0.1, 0.15) is 30.9 Å². The second-order valence-electron chi connectivity index (χ2n) is 6.32. The smallest absolute Gasteiger partial charge is 0.222 e. The summed E-state index contributed by atoms with van der Waals surface area (Å²) in [7, 11) is 0. The van der Waals surface area contributed by atoms with E-state index in [-0.39, 0.29) is 16.5 Å². The van der Waals surface area contributed by atoms with Gasteiger partial charge in [0.25, 0.3) is 0 Å². The largest absolute Gasteiger partial charge is 0.433 e. The number of hydrogen-bond donors (Lipinski definition) is 0. The number of rotatable bonds is 4. The summed E-state index contributed by atoms with van der Waals surface area (Å²) >= 11 is 2.92. The summed E-state index contributed by atoms with van der Waals surface area (Å²) in [5.74, 6) is 0. The number of halogens is 8. The molecule has 0 fully saturated rings. The highest BCUT2D eigenvalue weighted by Gasteiger charge is 2.81. The fourth-order valence-corrected chi connectivity index (χ4v) is 4.01. The van der Waals surface area contributed by atoms with Crippen molar-refractivity contribution in [1.82, 2.24) is 0 Å². The van der Waals surface area contributed by atoms with Crippen molar-refractivity contribution in [3.63, 3.8) is 0 Å². The molecule has 0 N–H and O–H groups in total. The van der Waals surface area contributed by atoms with Crippen LogP contribution in [0.25, 0.3) is 0 Å². The van der Waals surface area contributed by atoms with Gasteiger partial charge in [0.15, 0.2) is 0 Å². The standard InChI is InChI=1S/C19H14BrF7N/c1-2-5-12-8-14(20)10-16(9-12,15-7-4-3-6-13(15)11-28)17(21,18(22,23)24)19(25,26)27/h3-4,6-10H,2,5H2,1H3. The molecule has 1 unspecified atom stereocenters. The molecule has 9 heteroatoms. The third-order valence-corrected chi connectivity index (χ3v) is 4.94. The van der Waals surface area contributed by atoms with Gasteiger partial charge in [-0.3, -0.25) is 0 Å². The minimum absolute atomic E-state index is 0.0974. The first-order valence-corrected chi connectivity index (χ1v) is 8.90. The van der Waals surface area contributed by atoms with Crippen LogP contribution >= 0.6 is 15.9 Å². The van der Waals surface area contributed by atoms with E-state index in [0.29, 0.717) is 18.6 Å². The SMILES string of the molecule is CCCC1=CC(c2ccccc2C#N)(C(F)(C(F)(F)F)C(F)(F)F)C=C(Br)[CH]1. The zero-order chi connectivity index (χ0) is 21.4. The minimum Gasteiger partial charge on any atom is -0.222 e. The number of nitrogens with zero attached hydrogens (tertiary/aromatic N) is 1. The lowest BCUT2D eigenvalue weighted by Crippen LogP contribution is -2.65. The molecule has 1 aromatic rings. The number of hydrogen-bond acceptors (Lipinski definition) is 1. The van der Waals surface area contributed by atoms with Gasteiger partial charge in [0.2, 0.25) is 0 Å². The fraction of sp³-hybridized carbons (Fsp3) is 0.368. The summed E-state index contributed by atoms with van der Waals surface area (Å²) < 4.78 is 97.7. The summed E-state index contributed by atoms with van der Waals surface area (Å²) in [6.07, 6.45) is -9.56. The van der Waals surface area contributed by atoms with Crippen LogP contribution in [0, 0.1) is 17.8 Å². The molecule has 1 aromatic carbocycles. The lowest BCUT2D eigenvalue weighted by molar-refractivity contribution is -0.354. The summed E-state index contributed by atoms with van der Waals surface area (Å²) in [5.41, 5.74) is -10.1. The highest BCUT2D eigenvalue weighted by Crippen LogP contribution is 2.60. The molecule has 0 bridgehead atoms. The topological polar surface area (TPSA) is 23.8 Å². The highest BCUT2D eigenvalue weighted by molar-refractivity contribution is 9.11. The second-order valence-corrected chi connectivity index (χ2v) is 7.24. The van der Waals surface area contributed by atoms with Crippen molar-refractivity contribution in [2.24, 2.45) is 0 Å². The second kappa shape index (κ2) is 7.54. The van der Waals surface area contributed by atoms with Gasteiger partial charge in [-0.25, -0.2) is 4.39 Å². The Morgan fingerprint density at radius 3 is 2.07 bits per heavy atom.